The summed E-state index contributed by atoms with van der Waals surface area (Å²) in [4.78, 5) is 0. The Morgan fingerprint density at radius 3 is 2.36 bits per heavy atom. The molecule has 0 aromatic carbocycles. The van der Waals surface area contributed by atoms with Crippen molar-refractivity contribution >= 4 is 5.71 Å². The van der Waals surface area contributed by atoms with Crippen molar-refractivity contribution in [1.82, 2.24) is 0 Å². The average molecular weight is 151 g/mol. The van der Waals surface area contributed by atoms with E-state index in [0.717, 1.165) is 12.0 Å². The van der Waals surface area contributed by atoms with Crippen LogP contribution >= 0.6 is 0 Å². The predicted octanol–water partition coefficient (Wildman–Crippen LogP) is 3.18. The van der Waals surface area contributed by atoms with E-state index in [1.165, 1.54) is 0 Å². The first-order valence-electron chi connectivity index (χ1n) is 3.93. The maximum Gasteiger partial charge on any atom is 0.0316 e. The van der Waals surface area contributed by atoms with E-state index in [0.29, 0.717) is 11.6 Å². The van der Waals surface area contributed by atoms with Gasteiger partial charge in [-0.3, -0.25) is 0 Å². The number of hydrogen-bond acceptors (Lipinski definition) is 1. The summed E-state index contributed by atoms with van der Waals surface area (Å²) >= 11 is 0. The van der Waals surface area contributed by atoms with E-state index in [1.54, 1.807) is 0 Å². The van der Waals surface area contributed by atoms with Crippen molar-refractivity contribution in [2.45, 2.75) is 27.2 Å². The Bertz CT molecular complexity index is 175. The lowest BCUT2D eigenvalue weighted by molar-refractivity contribution is 0.683. The highest BCUT2D eigenvalue weighted by atomic mass is 14.4. The molecule has 0 heterocycles. The summed E-state index contributed by atoms with van der Waals surface area (Å²) in [6.45, 7) is 9.88. The molecule has 1 N–H and O–H groups in total. The summed E-state index contributed by atoms with van der Waals surface area (Å²) in [5.41, 5.74) is 1.68. The predicted molar refractivity (Wildman–Crippen MR) is 51.1 cm³/mol. The van der Waals surface area contributed by atoms with E-state index in [2.05, 4.69) is 20.4 Å². The van der Waals surface area contributed by atoms with Gasteiger partial charge in [-0.05, 0) is 25.3 Å². The van der Waals surface area contributed by atoms with E-state index < -0.39 is 0 Å². The second-order valence-corrected chi connectivity index (χ2v) is 3.30. The zero-order valence-corrected chi connectivity index (χ0v) is 7.65. The minimum atomic E-state index is 0.567. The van der Waals surface area contributed by atoms with E-state index in [4.69, 9.17) is 5.41 Å². The normalized spacial score (nSPS) is 10.9. The van der Waals surface area contributed by atoms with Crippen molar-refractivity contribution in [2.75, 3.05) is 0 Å². The van der Waals surface area contributed by atoms with Crippen molar-refractivity contribution in [2.24, 2.45) is 5.92 Å². The van der Waals surface area contributed by atoms with Crippen LogP contribution < -0.4 is 0 Å². The van der Waals surface area contributed by atoms with Crippen LogP contribution in [0.4, 0.5) is 0 Å². The lowest BCUT2D eigenvalue weighted by Crippen LogP contribution is -1.97. The fourth-order valence-electron chi connectivity index (χ4n) is 0.751. The molecule has 0 saturated carbocycles. The number of rotatable bonds is 4. The zero-order valence-electron chi connectivity index (χ0n) is 7.65. The van der Waals surface area contributed by atoms with Crippen LogP contribution in [-0.4, -0.2) is 5.71 Å². The van der Waals surface area contributed by atoms with E-state index in [-0.39, 0.29) is 0 Å². The molecule has 0 aromatic rings. The fraction of sp³-hybridized carbons (Fsp3) is 0.500. The van der Waals surface area contributed by atoms with Crippen LogP contribution in [-0.2, 0) is 0 Å². The van der Waals surface area contributed by atoms with Crippen LogP contribution in [0.1, 0.15) is 27.2 Å². The molecule has 11 heavy (non-hydrogen) atoms. The Labute approximate surface area is 69.3 Å². The number of nitrogens with one attached hydrogen (secondary N) is 1. The molecule has 0 aliphatic heterocycles. The van der Waals surface area contributed by atoms with Gasteiger partial charge in [-0.2, -0.15) is 0 Å². The van der Waals surface area contributed by atoms with Gasteiger partial charge >= 0.3 is 0 Å². The molecule has 0 radical (unpaired) electrons. The van der Waals surface area contributed by atoms with E-state index in [1.807, 2.05) is 19.1 Å². The first-order chi connectivity index (χ1) is 5.02. The topological polar surface area (TPSA) is 23.9 Å². The largest absolute Gasteiger partial charge is 0.305 e. The standard InChI is InChI=1S/C10H17N/c1-8(2)5-6-10(11)7-9(3)4/h5-6,9,11H,1,7H2,2-4H3/b6-5-,11-10?. The quantitative estimate of drug-likeness (QED) is 0.471. The van der Waals surface area contributed by atoms with Gasteiger partial charge in [0.25, 0.3) is 0 Å². The van der Waals surface area contributed by atoms with Gasteiger partial charge in [0.15, 0.2) is 0 Å². The Morgan fingerprint density at radius 1 is 1.45 bits per heavy atom. The molecule has 0 amide bonds. The molecule has 1 nitrogen and oxygen atoms in total. The average Bonchev–Trinajstić information content (AvgIpc) is 1.82. The molecule has 0 saturated heterocycles. The molecule has 0 aliphatic carbocycles. The van der Waals surface area contributed by atoms with Crippen LogP contribution in [0.2, 0.25) is 0 Å². The molecule has 0 aromatic heterocycles. The number of hydrogen-bond donors (Lipinski definition) is 1. The highest BCUT2D eigenvalue weighted by molar-refractivity contribution is 5.92. The lowest BCUT2D eigenvalue weighted by atomic mass is 10.1. The van der Waals surface area contributed by atoms with Gasteiger partial charge in [0.05, 0.1) is 0 Å². The molecule has 0 rings (SSSR count). The Morgan fingerprint density at radius 2 is 2.00 bits per heavy atom. The van der Waals surface area contributed by atoms with Gasteiger partial charge in [0.2, 0.25) is 0 Å². The van der Waals surface area contributed by atoms with Gasteiger partial charge in [0.1, 0.15) is 0 Å². The summed E-state index contributed by atoms with van der Waals surface area (Å²) in [5.74, 6) is 0.567. The van der Waals surface area contributed by atoms with Crippen LogP contribution in [0.15, 0.2) is 24.3 Å². The van der Waals surface area contributed by atoms with Crippen molar-refractivity contribution in [1.29, 1.82) is 5.41 Å². The van der Waals surface area contributed by atoms with Crippen LogP contribution in [0, 0.1) is 11.3 Å². The summed E-state index contributed by atoms with van der Waals surface area (Å²) in [6.07, 6.45) is 4.55. The first-order valence-corrected chi connectivity index (χ1v) is 3.93. The second kappa shape index (κ2) is 4.89. The highest BCUT2D eigenvalue weighted by Gasteiger charge is 1.95. The number of allylic oxidation sites excluding steroid dienone is 3. The van der Waals surface area contributed by atoms with E-state index >= 15 is 0 Å². The molecule has 0 fully saturated rings. The van der Waals surface area contributed by atoms with Crippen molar-refractivity contribution < 1.29 is 0 Å². The van der Waals surface area contributed by atoms with Gasteiger partial charge in [0, 0.05) is 5.71 Å². The highest BCUT2D eigenvalue weighted by Crippen LogP contribution is 2.01. The third kappa shape index (κ3) is 7.04. The minimum Gasteiger partial charge on any atom is -0.305 e. The monoisotopic (exact) mass is 151 g/mol. The summed E-state index contributed by atoms with van der Waals surface area (Å²) in [6, 6.07) is 0. The van der Waals surface area contributed by atoms with Crippen LogP contribution in [0.3, 0.4) is 0 Å². The smallest absolute Gasteiger partial charge is 0.0316 e. The zero-order chi connectivity index (χ0) is 8.85. The Kier molecular flexibility index (Phi) is 4.51. The molecular formula is C10H17N. The van der Waals surface area contributed by atoms with E-state index in [9.17, 15) is 0 Å². The Hall–Kier alpha value is -0.850. The van der Waals surface area contributed by atoms with Gasteiger partial charge < -0.3 is 5.41 Å². The van der Waals surface area contributed by atoms with Crippen LogP contribution in [0.5, 0.6) is 0 Å². The summed E-state index contributed by atoms with van der Waals surface area (Å²) < 4.78 is 0. The maximum absolute atomic E-state index is 7.48. The molecule has 0 spiro atoms. The lowest BCUT2D eigenvalue weighted by Gasteiger charge is -2.00. The second-order valence-electron chi connectivity index (χ2n) is 3.30. The summed E-state index contributed by atoms with van der Waals surface area (Å²) in [7, 11) is 0. The molecule has 1 heteroatoms. The van der Waals surface area contributed by atoms with Gasteiger partial charge in [-0.1, -0.05) is 32.1 Å². The SMILES string of the molecule is C=C(C)/C=C\C(=N)CC(C)C. The van der Waals surface area contributed by atoms with Gasteiger partial charge in [-0.15, -0.1) is 0 Å². The third-order valence-corrected chi connectivity index (χ3v) is 1.20. The third-order valence-electron chi connectivity index (χ3n) is 1.20. The Balaban J connectivity index is 3.78. The fourth-order valence-corrected chi connectivity index (χ4v) is 0.751. The minimum absolute atomic E-state index is 0.567. The van der Waals surface area contributed by atoms with Crippen molar-refractivity contribution in [3.8, 4) is 0 Å². The molecule has 0 aliphatic rings. The molecular weight excluding hydrogens is 134 g/mol. The summed E-state index contributed by atoms with van der Waals surface area (Å²) in [5, 5.41) is 7.48. The van der Waals surface area contributed by atoms with Gasteiger partial charge in [-0.25, -0.2) is 0 Å². The molecule has 62 valence electrons. The first kappa shape index (κ1) is 10.2. The molecule has 0 bridgehead atoms. The molecule has 0 atom stereocenters. The van der Waals surface area contributed by atoms with Crippen molar-refractivity contribution in [3.63, 3.8) is 0 Å². The van der Waals surface area contributed by atoms with Crippen LogP contribution in [0.25, 0.3) is 0 Å². The molecule has 0 unspecified atom stereocenters. The maximum atomic E-state index is 7.48. The van der Waals surface area contributed by atoms with Crippen molar-refractivity contribution in [3.05, 3.63) is 24.3 Å².